The normalized spacial score (nSPS) is 16.5. The van der Waals surface area contributed by atoms with Crippen molar-refractivity contribution in [3.63, 3.8) is 0 Å². The summed E-state index contributed by atoms with van der Waals surface area (Å²) >= 11 is 0. The van der Waals surface area contributed by atoms with Gasteiger partial charge in [0.25, 0.3) is 0 Å². The Labute approximate surface area is 187 Å². The number of hydrogen-bond acceptors (Lipinski definition) is 5. The molecule has 32 heavy (non-hydrogen) atoms. The molecule has 3 aromatic carbocycles. The van der Waals surface area contributed by atoms with Gasteiger partial charge in [0.1, 0.15) is 5.76 Å². The van der Waals surface area contributed by atoms with E-state index in [0.29, 0.717) is 42.3 Å². The van der Waals surface area contributed by atoms with Gasteiger partial charge in [0.15, 0.2) is 11.5 Å². The fourth-order valence-electron chi connectivity index (χ4n) is 4.40. The quantitative estimate of drug-likeness (QED) is 0.523. The second kappa shape index (κ2) is 8.79. The van der Waals surface area contributed by atoms with Gasteiger partial charge in [0, 0.05) is 17.9 Å². The van der Waals surface area contributed by atoms with Crippen molar-refractivity contribution in [2.45, 2.75) is 18.8 Å². The zero-order valence-electron chi connectivity index (χ0n) is 17.9. The summed E-state index contributed by atoms with van der Waals surface area (Å²) in [6.07, 6.45) is 1.33. The van der Waals surface area contributed by atoms with Gasteiger partial charge in [-0.1, -0.05) is 60.7 Å². The molecule has 0 radical (unpaired) electrons. The van der Waals surface area contributed by atoms with Crippen LogP contribution in [0, 0.1) is 0 Å². The highest BCUT2D eigenvalue weighted by Crippen LogP contribution is 2.43. The van der Waals surface area contributed by atoms with Gasteiger partial charge in [0.2, 0.25) is 6.79 Å². The summed E-state index contributed by atoms with van der Waals surface area (Å²) in [4.78, 5) is 13.4. The van der Waals surface area contributed by atoms with E-state index in [4.69, 9.17) is 18.9 Å². The highest BCUT2D eigenvalue weighted by molar-refractivity contribution is 5.99. The van der Waals surface area contributed by atoms with E-state index in [2.05, 4.69) is 6.07 Å². The van der Waals surface area contributed by atoms with Crippen LogP contribution >= 0.6 is 0 Å². The van der Waals surface area contributed by atoms with Gasteiger partial charge in [0.05, 0.1) is 19.3 Å². The minimum atomic E-state index is -0.352. The van der Waals surface area contributed by atoms with Crippen LogP contribution in [0.25, 0.3) is 5.76 Å². The predicted molar refractivity (Wildman–Crippen MR) is 120 cm³/mol. The van der Waals surface area contributed by atoms with Crippen LogP contribution in [0.2, 0.25) is 0 Å². The SMILES string of the molecule is COC1=C(C(=O)OCCc2ccccc2)C(c2ccc3c(c2)OCO3)Cc2ccccc21. The van der Waals surface area contributed by atoms with Crippen molar-refractivity contribution in [1.29, 1.82) is 0 Å². The third-order valence-electron chi connectivity index (χ3n) is 5.97. The van der Waals surface area contributed by atoms with Crippen molar-refractivity contribution in [3.05, 3.63) is 101 Å². The van der Waals surface area contributed by atoms with Gasteiger partial charge < -0.3 is 18.9 Å². The first-order valence-electron chi connectivity index (χ1n) is 10.7. The lowest BCUT2D eigenvalue weighted by molar-refractivity contribution is -0.139. The summed E-state index contributed by atoms with van der Waals surface area (Å²) in [6.45, 7) is 0.513. The van der Waals surface area contributed by atoms with Gasteiger partial charge >= 0.3 is 5.97 Å². The fraction of sp³-hybridized carbons (Fsp3) is 0.222. The number of ether oxygens (including phenoxy) is 4. The standard InChI is InChI=1S/C27H24O5/c1-29-26-21-10-6-5-9-19(21)15-22(20-11-12-23-24(16-20)32-17-31-23)25(26)27(28)30-14-13-18-7-3-2-4-8-18/h2-12,16,22H,13-15,17H2,1H3. The summed E-state index contributed by atoms with van der Waals surface area (Å²) in [5, 5.41) is 0. The van der Waals surface area contributed by atoms with Crippen LogP contribution < -0.4 is 9.47 Å². The monoisotopic (exact) mass is 428 g/mol. The first-order valence-corrected chi connectivity index (χ1v) is 10.7. The van der Waals surface area contributed by atoms with E-state index in [1.54, 1.807) is 7.11 Å². The van der Waals surface area contributed by atoms with Crippen molar-refractivity contribution >= 4 is 11.7 Å². The number of benzene rings is 3. The van der Waals surface area contributed by atoms with Gasteiger partial charge in [-0.3, -0.25) is 0 Å². The third-order valence-corrected chi connectivity index (χ3v) is 5.97. The smallest absolute Gasteiger partial charge is 0.338 e. The molecule has 0 bridgehead atoms. The number of hydrogen-bond donors (Lipinski definition) is 0. The maximum absolute atomic E-state index is 13.4. The zero-order chi connectivity index (χ0) is 21.9. The molecule has 2 aliphatic rings. The lowest BCUT2D eigenvalue weighted by Gasteiger charge is -2.29. The molecule has 1 aliphatic carbocycles. The molecule has 5 nitrogen and oxygen atoms in total. The summed E-state index contributed by atoms with van der Waals surface area (Å²) in [6, 6.07) is 23.8. The summed E-state index contributed by atoms with van der Waals surface area (Å²) < 4.78 is 22.6. The molecule has 5 heteroatoms. The molecule has 0 saturated heterocycles. The fourth-order valence-corrected chi connectivity index (χ4v) is 4.40. The highest BCUT2D eigenvalue weighted by Gasteiger charge is 2.35. The number of esters is 1. The largest absolute Gasteiger partial charge is 0.496 e. The Hall–Kier alpha value is -3.73. The number of methoxy groups -OCH3 is 1. The van der Waals surface area contributed by atoms with Crippen molar-refractivity contribution in [3.8, 4) is 11.5 Å². The maximum Gasteiger partial charge on any atom is 0.338 e. The van der Waals surface area contributed by atoms with E-state index in [1.165, 1.54) is 0 Å². The van der Waals surface area contributed by atoms with E-state index in [-0.39, 0.29) is 18.7 Å². The topological polar surface area (TPSA) is 54.0 Å². The van der Waals surface area contributed by atoms with Crippen LogP contribution in [0.1, 0.15) is 28.2 Å². The van der Waals surface area contributed by atoms with E-state index in [1.807, 2.05) is 66.7 Å². The molecule has 1 atom stereocenters. The second-order valence-corrected chi connectivity index (χ2v) is 7.84. The molecule has 0 fully saturated rings. The number of carbonyl (C=O) groups is 1. The average molecular weight is 428 g/mol. The lowest BCUT2D eigenvalue weighted by atomic mass is 9.78. The molecule has 0 amide bonds. The number of rotatable bonds is 6. The Kier molecular flexibility index (Phi) is 5.55. The minimum Gasteiger partial charge on any atom is -0.496 e. The van der Waals surface area contributed by atoms with Crippen LogP contribution in [-0.4, -0.2) is 26.5 Å². The Morgan fingerprint density at radius 3 is 2.59 bits per heavy atom. The van der Waals surface area contributed by atoms with Crippen molar-refractivity contribution in [2.24, 2.45) is 0 Å². The van der Waals surface area contributed by atoms with E-state index < -0.39 is 0 Å². The van der Waals surface area contributed by atoms with Crippen LogP contribution in [0.3, 0.4) is 0 Å². The molecule has 0 N–H and O–H groups in total. The molecule has 1 aliphatic heterocycles. The third kappa shape index (κ3) is 3.82. The Bertz CT molecular complexity index is 1170. The molecule has 3 aromatic rings. The molecular formula is C27H24O5. The molecule has 0 saturated carbocycles. The van der Waals surface area contributed by atoms with E-state index >= 15 is 0 Å². The zero-order valence-corrected chi connectivity index (χ0v) is 17.9. The first-order chi connectivity index (χ1) is 15.7. The van der Waals surface area contributed by atoms with Crippen LogP contribution in [0.15, 0.2) is 78.4 Å². The van der Waals surface area contributed by atoms with Crippen molar-refractivity contribution < 1.29 is 23.7 Å². The van der Waals surface area contributed by atoms with Gasteiger partial charge in [-0.05, 0) is 35.2 Å². The van der Waals surface area contributed by atoms with Crippen LogP contribution in [0.4, 0.5) is 0 Å². The summed E-state index contributed by atoms with van der Waals surface area (Å²) in [7, 11) is 1.60. The minimum absolute atomic E-state index is 0.208. The maximum atomic E-state index is 13.4. The number of carbonyl (C=O) groups excluding carboxylic acids is 1. The van der Waals surface area contributed by atoms with Gasteiger partial charge in [-0.2, -0.15) is 0 Å². The second-order valence-electron chi connectivity index (χ2n) is 7.84. The van der Waals surface area contributed by atoms with Crippen LogP contribution in [-0.2, 0) is 27.1 Å². The summed E-state index contributed by atoms with van der Waals surface area (Å²) in [5.74, 6) is 1.41. The van der Waals surface area contributed by atoms with Crippen LogP contribution in [0.5, 0.6) is 11.5 Å². The average Bonchev–Trinajstić information content (AvgIpc) is 3.31. The lowest BCUT2D eigenvalue weighted by Crippen LogP contribution is -2.24. The molecule has 0 aromatic heterocycles. The molecule has 162 valence electrons. The van der Waals surface area contributed by atoms with Crippen molar-refractivity contribution in [1.82, 2.24) is 0 Å². The molecule has 1 unspecified atom stereocenters. The Morgan fingerprint density at radius 2 is 1.75 bits per heavy atom. The molecule has 0 spiro atoms. The van der Waals surface area contributed by atoms with Gasteiger partial charge in [-0.25, -0.2) is 4.79 Å². The predicted octanol–water partition coefficient (Wildman–Crippen LogP) is 4.90. The van der Waals surface area contributed by atoms with E-state index in [9.17, 15) is 4.79 Å². The summed E-state index contributed by atoms with van der Waals surface area (Å²) in [5.41, 5.74) is 4.70. The van der Waals surface area contributed by atoms with E-state index in [0.717, 1.165) is 22.3 Å². The Morgan fingerprint density at radius 1 is 0.969 bits per heavy atom. The highest BCUT2D eigenvalue weighted by atomic mass is 16.7. The van der Waals surface area contributed by atoms with Crippen molar-refractivity contribution in [2.75, 3.05) is 20.5 Å². The molecule has 5 rings (SSSR count). The number of fused-ring (bicyclic) bond motifs is 2. The Balaban J connectivity index is 1.48. The molecular weight excluding hydrogens is 404 g/mol. The van der Waals surface area contributed by atoms with Gasteiger partial charge in [-0.15, -0.1) is 0 Å². The molecule has 1 heterocycles. The first kappa shape index (κ1) is 20.2.